The van der Waals surface area contributed by atoms with E-state index in [1.807, 2.05) is 13.0 Å². The van der Waals surface area contributed by atoms with E-state index >= 15 is 0 Å². The molecule has 0 saturated carbocycles. The van der Waals surface area contributed by atoms with Crippen molar-refractivity contribution in [2.24, 2.45) is 0 Å². The highest BCUT2D eigenvalue weighted by molar-refractivity contribution is 8.18. The Morgan fingerprint density at radius 1 is 1.10 bits per heavy atom. The number of methoxy groups -OCH3 is 2. The molecule has 1 aliphatic rings. The number of amides is 2. The lowest BCUT2D eigenvalue weighted by Gasteiger charge is -2.18. The summed E-state index contributed by atoms with van der Waals surface area (Å²) in [5, 5.41) is 13.4. The number of hydrogen-bond donors (Lipinski definition) is 3. The third kappa shape index (κ3) is 6.82. The molecule has 220 valence electrons. The molecule has 4 rings (SSSR count). The molecule has 11 nitrogen and oxygen atoms in total. The van der Waals surface area contributed by atoms with Gasteiger partial charge >= 0.3 is 0 Å². The quantitative estimate of drug-likeness (QED) is 0.143. The molecule has 0 radical (unpaired) electrons. The van der Waals surface area contributed by atoms with E-state index in [4.69, 9.17) is 24.6 Å². The molecule has 0 spiro atoms. The Bertz CT molecular complexity index is 1580. The van der Waals surface area contributed by atoms with Gasteiger partial charge in [0.2, 0.25) is 0 Å². The van der Waals surface area contributed by atoms with Crippen LogP contribution in [-0.2, 0) is 11.3 Å². The topological polar surface area (TPSA) is 145 Å². The highest BCUT2D eigenvalue weighted by Gasteiger charge is 2.25. The number of aromatic nitrogens is 2. The maximum absolute atomic E-state index is 13.7. The molecule has 1 aromatic heterocycles. The van der Waals surface area contributed by atoms with Crippen molar-refractivity contribution < 1.29 is 23.8 Å². The molecule has 0 bridgehead atoms. The van der Waals surface area contributed by atoms with E-state index in [9.17, 15) is 14.4 Å². The van der Waals surface area contributed by atoms with Crippen molar-refractivity contribution in [3.63, 3.8) is 0 Å². The SMILES string of the molecule is CCCC(=N)c1nc(-c2ccc(OC)c(OC)c2)n(CCCOc2ccc(/C=C3/SC(=O)NC3=O)cc2)c(=O)c1NC. The molecule has 0 atom stereocenters. The molecule has 3 aromatic rings. The van der Waals surface area contributed by atoms with Crippen LogP contribution in [0, 0.1) is 5.41 Å². The number of thioether (sulfide) groups is 1. The molecule has 1 aliphatic heterocycles. The minimum atomic E-state index is -0.404. The van der Waals surface area contributed by atoms with Gasteiger partial charge < -0.3 is 24.9 Å². The first kappa shape index (κ1) is 30.4. The number of anilines is 1. The second-order valence-electron chi connectivity index (χ2n) is 9.29. The Morgan fingerprint density at radius 2 is 1.83 bits per heavy atom. The van der Waals surface area contributed by atoms with Gasteiger partial charge in [0, 0.05) is 19.2 Å². The Labute approximate surface area is 247 Å². The number of nitrogens with one attached hydrogen (secondary N) is 3. The number of carbonyl (C=O) groups is 2. The first-order valence-electron chi connectivity index (χ1n) is 13.4. The number of carbonyl (C=O) groups excluding carboxylic acids is 2. The standard InChI is InChI=1S/C30H33N5O6S/c1-5-7-21(31)25-26(32-2)29(37)35(27(33-25)19-10-13-22(39-3)23(17-19)40-4)14-6-15-41-20-11-8-18(9-12-20)16-24-28(36)34-30(38)42-24/h8-13,16-17,31-32H,5-7,14-15H2,1-4H3,(H,34,36,38)/b24-16+,31-21?. The van der Waals surface area contributed by atoms with Crippen LogP contribution < -0.4 is 30.4 Å². The van der Waals surface area contributed by atoms with Crippen molar-refractivity contribution in [2.45, 2.75) is 32.7 Å². The van der Waals surface area contributed by atoms with Crippen LogP contribution in [0.1, 0.15) is 37.4 Å². The van der Waals surface area contributed by atoms with Crippen LogP contribution in [0.25, 0.3) is 17.5 Å². The van der Waals surface area contributed by atoms with E-state index in [0.29, 0.717) is 65.2 Å². The molecule has 3 N–H and O–H groups in total. The zero-order valence-corrected chi connectivity index (χ0v) is 24.7. The summed E-state index contributed by atoms with van der Waals surface area (Å²) >= 11 is 0.867. The van der Waals surface area contributed by atoms with Gasteiger partial charge in [-0.25, -0.2) is 4.98 Å². The first-order chi connectivity index (χ1) is 20.3. The van der Waals surface area contributed by atoms with Gasteiger partial charge in [-0.15, -0.1) is 0 Å². The van der Waals surface area contributed by atoms with E-state index in [1.165, 1.54) is 0 Å². The minimum Gasteiger partial charge on any atom is -0.494 e. The Hall–Kier alpha value is -4.58. The van der Waals surface area contributed by atoms with Crippen LogP contribution in [0.4, 0.5) is 10.5 Å². The summed E-state index contributed by atoms with van der Waals surface area (Å²) in [6.45, 7) is 2.62. The van der Waals surface area contributed by atoms with E-state index in [-0.39, 0.29) is 22.2 Å². The lowest BCUT2D eigenvalue weighted by Crippen LogP contribution is -2.29. The van der Waals surface area contributed by atoms with Gasteiger partial charge in [-0.3, -0.25) is 24.3 Å². The summed E-state index contributed by atoms with van der Waals surface area (Å²) in [7, 11) is 4.75. The molecule has 42 heavy (non-hydrogen) atoms. The number of imide groups is 1. The Kier molecular flexibility index (Phi) is 10.0. The number of benzene rings is 2. The normalized spacial score (nSPS) is 13.7. The Balaban J connectivity index is 1.56. The lowest BCUT2D eigenvalue weighted by atomic mass is 10.1. The van der Waals surface area contributed by atoms with Gasteiger partial charge in [-0.1, -0.05) is 25.5 Å². The smallest absolute Gasteiger partial charge is 0.290 e. The third-order valence-corrected chi connectivity index (χ3v) is 7.27. The predicted octanol–water partition coefficient (Wildman–Crippen LogP) is 4.93. The molecule has 2 aromatic carbocycles. The average molecular weight is 592 g/mol. The third-order valence-electron chi connectivity index (χ3n) is 6.46. The molecular formula is C30H33N5O6S. The van der Waals surface area contributed by atoms with Crippen molar-refractivity contribution >= 4 is 40.4 Å². The maximum Gasteiger partial charge on any atom is 0.290 e. The highest BCUT2D eigenvalue weighted by atomic mass is 32.2. The van der Waals surface area contributed by atoms with E-state index in [2.05, 4.69) is 10.6 Å². The Morgan fingerprint density at radius 3 is 2.45 bits per heavy atom. The fourth-order valence-corrected chi connectivity index (χ4v) is 5.10. The zero-order chi connectivity index (χ0) is 30.2. The van der Waals surface area contributed by atoms with Crippen LogP contribution in [0.15, 0.2) is 52.2 Å². The zero-order valence-electron chi connectivity index (χ0n) is 23.9. The average Bonchev–Trinajstić information content (AvgIpc) is 3.31. The molecule has 1 fully saturated rings. The summed E-state index contributed by atoms with van der Waals surface area (Å²) in [4.78, 5) is 42.0. The molecule has 0 unspecified atom stereocenters. The van der Waals surface area contributed by atoms with Crippen LogP contribution in [0.5, 0.6) is 17.2 Å². The van der Waals surface area contributed by atoms with Crippen molar-refractivity contribution in [1.82, 2.24) is 14.9 Å². The van der Waals surface area contributed by atoms with Crippen LogP contribution in [0.2, 0.25) is 0 Å². The number of hydrogen-bond acceptors (Lipinski definition) is 10. The summed E-state index contributed by atoms with van der Waals surface area (Å²) in [5.41, 5.74) is 2.03. The van der Waals surface area contributed by atoms with Gasteiger partial charge in [0.05, 0.1) is 31.4 Å². The van der Waals surface area contributed by atoms with Crippen molar-refractivity contribution in [1.29, 1.82) is 5.41 Å². The van der Waals surface area contributed by atoms with Gasteiger partial charge in [-0.05, 0) is 66.6 Å². The minimum absolute atomic E-state index is 0.277. The highest BCUT2D eigenvalue weighted by Crippen LogP contribution is 2.32. The van der Waals surface area contributed by atoms with Gasteiger partial charge in [0.1, 0.15) is 23.0 Å². The van der Waals surface area contributed by atoms with Gasteiger partial charge in [0.15, 0.2) is 11.5 Å². The van der Waals surface area contributed by atoms with Crippen molar-refractivity contribution in [2.75, 3.05) is 33.2 Å². The van der Waals surface area contributed by atoms with Crippen LogP contribution in [-0.4, -0.2) is 54.3 Å². The molecule has 0 aliphatic carbocycles. The molecule has 2 amide bonds. The molecular weight excluding hydrogens is 558 g/mol. The van der Waals surface area contributed by atoms with E-state index in [1.54, 1.807) is 68.3 Å². The second-order valence-corrected chi connectivity index (χ2v) is 10.3. The molecule has 1 saturated heterocycles. The molecule has 12 heteroatoms. The van der Waals surface area contributed by atoms with Crippen LogP contribution >= 0.6 is 11.8 Å². The first-order valence-corrected chi connectivity index (χ1v) is 14.2. The fourth-order valence-electron chi connectivity index (χ4n) is 4.42. The monoisotopic (exact) mass is 591 g/mol. The van der Waals surface area contributed by atoms with E-state index < -0.39 is 5.91 Å². The summed E-state index contributed by atoms with van der Waals surface area (Å²) in [5.74, 6) is 1.69. The van der Waals surface area contributed by atoms with Crippen molar-refractivity contribution in [3.05, 3.63) is 69.0 Å². The predicted molar refractivity (Wildman–Crippen MR) is 164 cm³/mol. The van der Waals surface area contributed by atoms with Gasteiger partial charge in [-0.2, -0.15) is 0 Å². The summed E-state index contributed by atoms with van der Waals surface area (Å²) < 4.78 is 18.3. The summed E-state index contributed by atoms with van der Waals surface area (Å²) in [6.07, 6.45) is 3.39. The number of rotatable bonds is 13. The number of nitrogens with zero attached hydrogens (tertiary/aromatic N) is 2. The molecule has 2 heterocycles. The largest absolute Gasteiger partial charge is 0.494 e. The summed E-state index contributed by atoms with van der Waals surface area (Å²) in [6, 6.07) is 12.5. The van der Waals surface area contributed by atoms with Crippen molar-refractivity contribution in [3.8, 4) is 28.6 Å². The maximum atomic E-state index is 13.7. The number of ether oxygens (including phenoxy) is 3. The van der Waals surface area contributed by atoms with Crippen LogP contribution in [0.3, 0.4) is 0 Å². The van der Waals surface area contributed by atoms with Gasteiger partial charge in [0.25, 0.3) is 16.7 Å². The van der Waals surface area contributed by atoms with E-state index in [0.717, 1.165) is 23.7 Å². The second kappa shape index (κ2) is 13.9. The lowest BCUT2D eigenvalue weighted by molar-refractivity contribution is -0.115. The fraction of sp³-hybridized carbons (Fsp3) is 0.300.